The van der Waals surface area contributed by atoms with E-state index in [1.165, 1.54) is 19.1 Å². The maximum atomic E-state index is 13.8. The van der Waals surface area contributed by atoms with Gasteiger partial charge < -0.3 is 10.1 Å². The van der Waals surface area contributed by atoms with Gasteiger partial charge in [-0.2, -0.15) is 0 Å². The number of rotatable bonds is 3. The van der Waals surface area contributed by atoms with Crippen molar-refractivity contribution < 1.29 is 18.7 Å². The number of benzene rings is 3. The van der Waals surface area contributed by atoms with Crippen LogP contribution in [0.2, 0.25) is 0 Å². The van der Waals surface area contributed by atoms with Gasteiger partial charge in [0.1, 0.15) is 11.6 Å². The number of fused-ring (bicyclic) bond motifs is 1. The number of anilines is 2. The van der Waals surface area contributed by atoms with Gasteiger partial charge in [0, 0.05) is 24.6 Å². The van der Waals surface area contributed by atoms with Crippen molar-refractivity contribution in [1.29, 1.82) is 0 Å². The first-order chi connectivity index (χ1) is 16.9. The summed E-state index contributed by atoms with van der Waals surface area (Å²) in [5.41, 5.74) is 5.58. The molecule has 0 saturated heterocycles. The molecular formula is C29H27FN2O3. The molecule has 0 aromatic heterocycles. The Bertz CT molecular complexity index is 1330. The van der Waals surface area contributed by atoms with Crippen LogP contribution in [0.15, 0.2) is 78.0 Å². The normalized spacial score (nSPS) is 19.4. The molecule has 178 valence electrons. The van der Waals surface area contributed by atoms with Crippen LogP contribution < -0.4 is 15.0 Å². The summed E-state index contributed by atoms with van der Waals surface area (Å²) in [6.07, 6.45) is 0.940. The lowest BCUT2D eigenvalue weighted by Gasteiger charge is -2.34. The molecule has 1 aliphatic heterocycles. The number of carbonyl (C=O) groups is 2. The van der Waals surface area contributed by atoms with E-state index in [4.69, 9.17) is 4.74 Å². The summed E-state index contributed by atoms with van der Waals surface area (Å²) in [4.78, 5) is 28.5. The summed E-state index contributed by atoms with van der Waals surface area (Å²) >= 11 is 0. The van der Waals surface area contributed by atoms with Gasteiger partial charge in [-0.05, 0) is 72.4 Å². The van der Waals surface area contributed by atoms with Crippen molar-refractivity contribution in [3.05, 3.63) is 101 Å². The Kier molecular flexibility index (Phi) is 5.89. The number of halogens is 1. The first-order valence-electron chi connectivity index (χ1n) is 11.7. The van der Waals surface area contributed by atoms with Gasteiger partial charge in [0.05, 0.1) is 24.5 Å². The standard InChI is InChI=1S/C29H27FN2O3/c1-17-4-13-24-26(14-17)32(18(2)33)29(20-5-9-22(30)10-6-20)28-25(31-24)15-21(16-27(28)34)19-7-11-23(35-3)12-8-19/h4-14,21,29,31H,15-16H2,1-3H3/t21-,29+/m0/s1. The lowest BCUT2D eigenvalue weighted by Crippen LogP contribution is -2.37. The fourth-order valence-electron chi connectivity index (χ4n) is 5.17. The second kappa shape index (κ2) is 9.02. The van der Waals surface area contributed by atoms with Crippen LogP contribution in [0.25, 0.3) is 0 Å². The molecule has 2 atom stereocenters. The average molecular weight is 471 g/mol. The van der Waals surface area contributed by atoms with Gasteiger partial charge in [-0.3, -0.25) is 14.5 Å². The van der Waals surface area contributed by atoms with Gasteiger partial charge in [0.15, 0.2) is 5.78 Å². The number of aryl methyl sites for hydroxylation is 1. The molecule has 5 nitrogen and oxygen atoms in total. The molecule has 5 rings (SSSR count). The largest absolute Gasteiger partial charge is 0.497 e. The Morgan fingerprint density at radius 2 is 1.69 bits per heavy atom. The number of hydrogen-bond acceptors (Lipinski definition) is 4. The van der Waals surface area contributed by atoms with Crippen LogP contribution in [0.4, 0.5) is 15.8 Å². The number of nitrogens with zero attached hydrogens (tertiary/aromatic N) is 1. The molecule has 1 amide bonds. The van der Waals surface area contributed by atoms with Crippen LogP contribution in [0.3, 0.4) is 0 Å². The number of Topliss-reactive ketones (excluding diaryl/α,β-unsaturated/α-hetero) is 1. The molecule has 0 bridgehead atoms. The molecule has 0 fully saturated rings. The average Bonchev–Trinajstić information content (AvgIpc) is 2.99. The second-order valence-electron chi connectivity index (χ2n) is 9.18. The molecule has 0 spiro atoms. The Labute approximate surface area is 204 Å². The third kappa shape index (κ3) is 4.20. The Balaban J connectivity index is 1.67. The van der Waals surface area contributed by atoms with E-state index < -0.39 is 6.04 Å². The molecule has 0 saturated carbocycles. The van der Waals surface area contributed by atoms with Crippen molar-refractivity contribution in [3.63, 3.8) is 0 Å². The van der Waals surface area contributed by atoms with Gasteiger partial charge in [-0.1, -0.05) is 30.3 Å². The molecule has 3 aromatic rings. The SMILES string of the molecule is COc1ccc([C@@H]2CC(=O)C3=C(C2)Nc2ccc(C)cc2N(C(C)=O)[C@@H]3c2ccc(F)cc2)cc1. The maximum absolute atomic E-state index is 13.8. The number of ether oxygens (including phenoxy) is 1. The fourth-order valence-corrected chi connectivity index (χ4v) is 5.17. The zero-order valence-electron chi connectivity index (χ0n) is 20.0. The lowest BCUT2D eigenvalue weighted by atomic mass is 9.78. The number of amides is 1. The molecule has 35 heavy (non-hydrogen) atoms. The molecule has 1 aliphatic carbocycles. The Hall–Kier alpha value is -3.93. The summed E-state index contributed by atoms with van der Waals surface area (Å²) in [5, 5.41) is 3.50. The number of ketones is 1. The van der Waals surface area contributed by atoms with Gasteiger partial charge >= 0.3 is 0 Å². The summed E-state index contributed by atoms with van der Waals surface area (Å²) in [6.45, 7) is 3.47. The van der Waals surface area contributed by atoms with Gasteiger partial charge in [0.2, 0.25) is 5.91 Å². The van der Waals surface area contributed by atoms with Gasteiger partial charge in [-0.25, -0.2) is 4.39 Å². The predicted molar refractivity (Wildman–Crippen MR) is 134 cm³/mol. The molecule has 1 N–H and O–H groups in total. The smallest absolute Gasteiger partial charge is 0.224 e. The second-order valence-corrected chi connectivity index (χ2v) is 9.18. The maximum Gasteiger partial charge on any atom is 0.224 e. The minimum atomic E-state index is -0.650. The number of carbonyl (C=O) groups excluding carboxylic acids is 2. The molecule has 0 unspecified atom stereocenters. The van der Waals surface area contributed by atoms with Crippen LogP contribution in [0, 0.1) is 12.7 Å². The molecule has 1 heterocycles. The van der Waals surface area contributed by atoms with Crippen LogP contribution in [0.1, 0.15) is 48.4 Å². The molecule has 2 aliphatic rings. The first kappa shape index (κ1) is 22.8. The number of nitrogens with one attached hydrogen (secondary N) is 1. The van der Waals surface area contributed by atoms with Crippen LogP contribution in [0.5, 0.6) is 5.75 Å². The van der Waals surface area contributed by atoms with Crippen molar-refractivity contribution in [2.45, 2.75) is 38.6 Å². The molecule has 0 radical (unpaired) electrons. The molecular weight excluding hydrogens is 443 g/mol. The monoisotopic (exact) mass is 470 g/mol. The highest BCUT2D eigenvalue weighted by Gasteiger charge is 2.40. The zero-order valence-corrected chi connectivity index (χ0v) is 20.0. The van der Waals surface area contributed by atoms with Gasteiger partial charge in [0.25, 0.3) is 0 Å². The molecule has 6 heteroatoms. The van der Waals surface area contributed by atoms with Crippen LogP contribution >= 0.6 is 0 Å². The number of allylic oxidation sites excluding steroid dienone is 1. The molecule has 3 aromatic carbocycles. The topological polar surface area (TPSA) is 58.6 Å². The van der Waals surface area contributed by atoms with E-state index in [1.54, 1.807) is 24.1 Å². The summed E-state index contributed by atoms with van der Waals surface area (Å²) in [7, 11) is 1.63. The first-order valence-corrected chi connectivity index (χ1v) is 11.7. The van der Waals surface area contributed by atoms with E-state index in [0.29, 0.717) is 29.7 Å². The van der Waals surface area contributed by atoms with E-state index in [-0.39, 0.29) is 23.4 Å². The summed E-state index contributed by atoms with van der Waals surface area (Å²) in [6, 6.07) is 19.1. The third-order valence-electron chi connectivity index (χ3n) is 6.85. The number of methoxy groups -OCH3 is 1. The summed E-state index contributed by atoms with van der Waals surface area (Å²) < 4.78 is 19.1. The van der Waals surface area contributed by atoms with E-state index in [2.05, 4.69) is 5.32 Å². The highest BCUT2D eigenvalue weighted by atomic mass is 19.1. The Morgan fingerprint density at radius 1 is 1.00 bits per heavy atom. The van der Waals surface area contributed by atoms with Crippen LogP contribution in [-0.2, 0) is 9.59 Å². The van der Waals surface area contributed by atoms with E-state index in [1.807, 2.05) is 49.4 Å². The van der Waals surface area contributed by atoms with Gasteiger partial charge in [-0.15, -0.1) is 0 Å². The minimum Gasteiger partial charge on any atom is -0.497 e. The highest BCUT2D eigenvalue weighted by molar-refractivity contribution is 6.06. The van der Waals surface area contributed by atoms with E-state index >= 15 is 0 Å². The Morgan fingerprint density at radius 3 is 2.34 bits per heavy atom. The van der Waals surface area contributed by atoms with E-state index in [9.17, 15) is 14.0 Å². The van der Waals surface area contributed by atoms with Crippen LogP contribution in [-0.4, -0.2) is 18.8 Å². The minimum absolute atomic E-state index is 0.00806. The fraction of sp³-hybridized carbons (Fsp3) is 0.241. The van der Waals surface area contributed by atoms with Crippen molar-refractivity contribution in [1.82, 2.24) is 0 Å². The van der Waals surface area contributed by atoms with Crippen molar-refractivity contribution >= 4 is 23.1 Å². The van der Waals surface area contributed by atoms with E-state index in [0.717, 1.165) is 28.3 Å². The summed E-state index contributed by atoms with van der Waals surface area (Å²) in [5.74, 6) is 0.179. The zero-order chi connectivity index (χ0) is 24.7. The lowest BCUT2D eigenvalue weighted by molar-refractivity contribution is -0.117. The predicted octanol–water partition coefficient (Wildman–Crippen LogP) is 6.06. The van der Waals surface area contributed by atoms with Crippen molar-refractivity contribution in [2.75, 3.05) is 17.3 Å². The third-order valence-corrected chi connectivity index (χ3v) is 6.85. The number of hydrogen-bond donors (Lipinski definition) is 1. The van der Waals surface area contributed by atoms with Crippen molar-refractivity contribution in [2.24, 2.45) is 0 Å². The quantitative estimate of drug-likeness (QED) is 0.505. The highest BCUT2D eigenvalue weighted by Crippen LogP contribution is 2.47. The van der Waals surface area contributed by atoms with Crippen molar-refractivity contribution in [3.8, 4) is 5.75 Å².